The van der Waals surface area contributed by atoms with Crippen molar-refractivity contribution in [2.45, 2.75) is 37.6 Å². The number of amides is 1. The second-order valence-electron chi connectivity index (χ2n) is 3.75. The maximum Gasteiger partial charge on any atom is 0.516 e. The van der Waals surface area contributed by atoms with Gasteiger partial charge in [0.15, 0.2) is 0 Å². The molecule has 1 fully saturated rings. The Labute approximate surface area is 91.3 Å². The van der Waals surface area contributed by atoms with Crippen LogP contribution in [0.2, 0.25) is 0 Å². The molecule has 0 atom stereocenters. The van der Waals surface area contributed by atoms with Crippen molar-refractivity contribution in [1.29, 1.82) is 0 Å². The van der Waals surface area contributed by atoms with Crippen LogP contribution in [0.3, 0.4) is 0 Å². The molecule has 0 aromatic rings. The standard InChI is InChI=1S/C8H12F3NO3S/c9-8(10,11)16(14,15)12-7(13)6-4-2-1-3-5-6/h6H,1-5H2,(H,12,13). The highest BCUT2D eigenvalue weighted by molar-refractivity contribution is 7.90. The monoisotopic (exact) mass is 259 g/mol. The minimum atomic E-state index is -5.55. The summed E-state index contributed by atoms with van der Waals surface area (Å²) < 4.78 is 58.2. The zero-order valence-corrected chi connectivity index (χ0v) is 9.20. The van der Waals surface area contributed by atoms with Crippen molar-refractivity contribution in [2.75, 3.05) is 0 Å². The highest BCUT2D eigenvalue weighted by atomic mass is 32.2. The lowest BCUT2D eigenvalue weighted by molar-refractivity contribution is -0.124. The SMILES string of the molecule is O=C(NS(=O)(=O)C(F)(F)F)C1CCCCC1. The number of hydrogen-bond donors (Lipinski definition) is 1. The molecule has 0 bridgehead atoms. The molecule has 1 N–H and O–H groups in total. The van der Waals surface area contributed by atoms with Crippen molar-refractivity contribution in [3.05, 3.63) is 0 Å². The lowest BCUT2D eigenvalue weighted by Crippen LogP contribution is -2.43. The summed E-state index contributed by atoms with van der Waals surface area (Å²) in [7, 11) is -5.55. The summed E-state index contributed by atoms with van der Waals surface area (Å²) in [6, 6.07) is 0. The van der Waals surface area contributed by atoms with Crippen LogP contribution in [0.5, 0.6) is 0 Å². The van der Waals surface area contributed by atoms with Crippen LogP contribution >= 0.6 is 0 Å². The van der Waals surface area contributed by atoms with Crippen LogP contribution in [0.15, 0.2) is 0 Å². The third kappa shape index (κ3) is 3.10. The van der Waals surface area contributed by atoms with Gasteiger partial charge in [0.2, 0.25) is 5.91 Å². The molecule has 0 aromatic carbocycles. The van der Waals surface area contributed by atoms with E-state index in [0.29, 0.717) is 12.8 Å². The topological polar surface area (TPSA) is 63.2 Å². The highest BCUT2D eigenvalue weighted by Gasteiger charge is 2.47. The Kier molecular flexibility index (Phi) is 3.82. The van der Waals surface area contributed by atoms with Crippen molar-refractivity contribution in [2.24, 2.45) is 5.92 Å². The minimum absolute atomic E-state index is 0.444. The number of rotatable bonds is 2. The number of carbonyl (C=O) groups excluding carboxylic acids is 1. The molecule has 0 radical (unpaired) electrons. The molecule has 0 aliphatic heterocycles. The smallest absolute Gasteiger partial charge is 0.274 e. The van der Waals surface area contributed by atoms with E-state index in [1.807, 2.05) is 0 Å². The zero-order valence-electron chi connectivity index (χ0n) is 8.38. The first kappa shape index (κ1) is 13.3. The fourth-order valence-corrected chi connectivity index (χ4v) is 2.19. The van der Waals surface area contributed by atoms with Crippen LogP contribution in [-0.4, -0.2) is 19.8 Å². The van der Waals surface area contributed by atoms with Crippen LogP contribution in [0.1, 0.15) is 32.1 Å². The second kappa shape index (κ2) is 4.60. The summed E-state index contributed by atoms with van der Waals surface area (Å²) in [5, 5.41) is 0. The maximum atomic E-state index is 12.0. The van der Waals surface area contributed by atoms with Crippen molar-refractivity contribution < 1.29 is 26.4 Å². The third-order valence-electron chi connectivity index (χ3n) is 2.52. The number of alkyl halides is 3. The van der Waals surface area contributed by atoms with Crippen molar-refractivity contribution in [3.63, 3.8) is 0 Å². The molecule has 94 valence electrons. The zero-order chi connectivity index (χ0) is 12.4. The fourth-order valence-electron chi connectivity index (χ4n) is 1.64. The van der Waals surface area contributed by atoms with Gasteiger partial charge in [0.05, 0.1) is 0 Å². The summed E-state index contributed by atoms with van der Waals surface area (Å²) >= 11 is 0. The number of carbonyl (C=O) groups is 1. The molecular weight excluding hydrogens is 247 g/mol. The van der Waals surface area contributed by atoms with Crippen LogP contribution in [-0.2, 0) is 14.8 Å². The van der Waals surface area contributed by atoms with Crippen molar-refractivity contribution in [3.8, 4) is 0 Å². The lowest BCUT2D eigenvalue weighted by Gasteiger charge is -2.20. The Bertz CT molecular complexity index is 357. The molecule has 0 spiro atoms. The third-order valence-corrected chi connectivity index (χ3v) is 3.59. The largest absolute Gasteiger partial charge is 0.516 e. The molecule has 1 saturated carbocycles. The van der Waals surface area contributed by atoms with E-state index in [2.05, 4.69) is 0 Å². The average molecular weight is 259 g/mol. The van der Waals surface area contributed by atoms with E-state index in [1.165, 1.54) is 0 Å². The summed E-state index contributed by atoms with van der Waals surface area (Å²) in [6.07, 6.45) is 3.29. The predicted molar refractivity (Wildman–Crippen MR) is 49.7 cm³/mol. The summed E-state index contributed by atoms with van der Waals surface area (Å²) in [5.41, 5.74) is -5.43. The normalized spacial score (nSPS) is 19.4. The molecule has 0 unspecified atom stereocenters. The Morgan fingerprint density at radius 3 is 2.06 bits per heavy atom. The number of halogens is 3. The number of hydrogen-bond acceptors (Lipinski definition) is 3. The first-order chi connectivity index (χ1) is 7.24. The molecule has 0 aromatic heterocycles. The van der Waals surface area contributed by atoms with Gasteiger partial charge in [0.1, 0.15) is 0 Å². The van der Waals surface area contributed by atoms with Gasteiger partial charge in [0, 0.05) is 5.92 Å². The summed E-state index contributed by atoms with van der Waals surface area (Å²) in [5.74, 6) is -1.66. The van der Waals surface area contributed by atoms with E-state index in [4.69, 9.17) is 0 Å². The van der Waals surface area contributed by atoms with E-state index >= 15 is 0 Å². The Morgan fingerprint density at radius 2 is 1.62 bits per heavy atom. The van der Waals surface area contributed by atoms with Crippen molar-refractivity contribution in [1.82, 2.24) is 4.72 Å². The Balaban J connectivity index is 2.64. The molecule has 4 nitrogen and oxygen atoms in total. The van der Waals surface area contributed by atoms with Crippen LogP contribution < -0.4 is 4.72 Å². The van der Waals surface area contributed by atoms with Gasteiger partial charge in [-0.2, -0.15) is 21.6 Å². The molecule has 1 rings (SSSR count). The van der Waals surface area contributed by atoms with Gasteiger partial charge < -0.3 is 0 Å². The molecule has 1 aliphatic carbocycles. The second-order valence-corrected chi connectivity index (χ2v) is 5.42. The summed E-state index contributed by atoms with van der Waals surface area (Å²) in [6.45, 7) is 0. The Morgan fingerprint density at radius 1 is 1.12 bits per heavy atom. The maximum absolute atomic E-state index is 12.0. The lowest BCUT2D eigenvalue weighted by atomic mass is 9.89. The van der Waals surface area contributed by atoms with Gasteiger partial charge in [-0.25, -0.2) is 4.72 Å². The average Bonchev–Trinajstić information content (AvgIpc) is 2.16. The van der Waals surface area contributed by atoms with Gasteiger partial charge >= 0.3 is 15.5 Å². The van der Waals surface area contributed by atoms with Crippen LogP contribution in [0.25, 0.3) is 0 Å². The highest BCUT2D eigenvalue weighted by Crippen LogP contribution is 2.26. The van der Waals surface area contributed by atoms with Gasteiger partial charge in [-0.1, -0.05) is 19.3 Å². The molecule has 8 heteroatoms. The van der Waals surface area contributed by atoms with E-state index in [1.54, 1.807) is 0 Å². The predicted octanol–water partition coefficient (Wildman–Crippen LogP) is 1.53. The van der Waals surface area contributed by atoms with Gasteiger partial charge in [0.25, 0.3) is 0 Å². The van der Waals surface area contributed by atoms with Gasteiger partial charge in [-0.05, 0) is 12.8 Å². The van der Waals surface area contributed by atoms with Gasteiger partial charge in [-0.15, -0.1) is 0 Å². The molecule has 16 heavy (non-hydrogen) atoms. The first-order valence-electron chi connectivity index (χ1n) is 4.87. The number of sulfonamides is 1. The first-order valence-corrected chi connectivity index (χ1v) is 6.35. The summed E-state index contributed by atoms with van der Waals surface area (Å²) in [4.78, 5) is 11.3. The quantitative estimate of drug-likeness (QED) is 0.818. The fraction of sp³-hybridized carbons (Fsp3) is 0.875. The van der Waals surface area contributed by atoms with E-state index in [9.17, 15) is 26.4 Å². The molecule has 1 amide bonds. The van der Waals surface area contributed by atoms with Crippen molar-refractivity contribution >= 4 is 15.9 Å². The van der Waals surface area contributed by atoms with Crippen LogP contribution in [0, 0.1) is 5.92 Å². The van der Waals surface area contributed by atoms with E-state index in [0.717, 1.165) is 24.0 Å². The number of nitrogens with one attached hydrogen (secondary N) is 1. The molecular formula is C8H12F3NO3S. The van der Waals surface area contributed by atoms with Crippen LogP contribution in [0.4, 0.5) is 13.2 Å². The van der Waals surface area contributed by atoms with Gasteiger partial charge in [-0.3, -0.25) is 4.79 Å². The Hall–Kier alpha value is -0.790. The molecule has 0 saturated heterocycles. The molecule has 1 aliphatic rings. The van der Waals surface area contributed by atoms with E-state index < -0.39 is 27.4 Å². The minimum Gasteiger partial charge on any atom is -0.274 e. The van der Waals surface area contributed by atoms with E-state index in [-0.39, 0.29) is 0 Å². The molecule has 0 heterocycles.